The number of aromatic amines is 1. The summed E-state index contributed by atoms with van der Waals surface area (Å²) < 4.78 is 1.48. The third kappa shape index (κ3) is 1.61. The van der Waals surface area contributed by atoms with E-state index in [4.69, 9.17) is 0 Å². The van der Waals surface area contributed by atoms with Crippen molar-refractivity contribution in [3.63, 3.8) is 0 Å². The molecule has 84 valence electrons. The highest BCUT2D eigenvalue weighted by molar-refractivity contribution is 5.65. The van der Waals surface area contributed by atoms with E-state index in [0.29, 0.717) is 5.52 Å². The summed E-state index contributed by atoms with van der Waals surface area (Å²) in [6.07, 6.45) is 1.48. The summed E-state index contributed by atoms with van der Waals surface area (Å²) in [4.78, 5) is 11.5. The SMILES string of the molecule is Cc1cccc(-c2cc3c(=O)[nH]ncn3n2)c1. The van der Waals surface area contributed by atoms with Gasteiger partial charge in [-0.1, -0.05) is 23.8 Å². The lowest BCUT2D eigenvalue weighted by Crippen LogP contribution is -2.10. The highest BCUT2D eigenvalue weighted by Gasteiger charge is 2.06. The van der Waals surface area contributed by atoms with Crippen LogP contribution in [-0.2, 0) is 0 Å². The summed E-state index contributed by atoms with van der Waals surface area (Å²) in [6, 6.07) is 9.75. The summed E-state index contributed by atoms with van der Waals surface area (Å²) in [7, 11) is 0. The van der Waals surface area contributed by atoms with Crippen molar-refractivity contribution in [3.8, 4) is 11.3 Å². The Kier molecular flexibility index (Phi) is 2.04. The number of nitrogens with one attached hydrogen (secondary N) is 1. The van der Waals surface area contributed by atoms with Crippen molar-refractivity contribution in [2.75, 3.05) is 0 Å². The van der Waals surface area contributed by atoms with Gasteiger partial charge in [-0.2, -0.15) is 10.2 Å². The summed E-state index contributed by atoms with van der Waals surface area (Å²) in [5.41, 5.74) is 3.18. The summed E-state index contributed by atoms with van der Waals surface area (Å²) in [6.45, 7) is 2.02. The van der Waals surface area contributed by atoms with Gasteiger partial charge in [-0.3, -0.25) is 4.79 Å². The third-order valence-corrected chi connectivity index (χ3v) is 2.62. The first-order chi connectivity index (χ1) is 8.24. The van der Waals surface area contributed by atoms with Crippen molar-refractivity contribution in [1.29, 1.82) is 0 Å². The van der Waals surface area contributed by atoms with Gasteiger partial charge in [-0.05, 0) is 19.1 Å². The molecule has 3 aromatic rings. The van der Waals surface area contributed by atoms with Gasteiger partial charge >= 0.3 is 0 Å². The number of benzene rings is 1. The lowest BCUT2D eigenvalue weighted by Gasteiger charge is -1.96. The molecule has 2 heterocycles. The monoisotopic (exact) mass is 226 g/mol. The molecule has 0 fully saturated rings. The summed E-state index contributed by atoms with van der Waals surface area (Å²) >= 11 is 0. The van der Waals surface area contributed by atoms with Crippen molar-refractivity contribution < 1.29 is 0 Å². The van der Waals surface area contributed by atoms with Crippen molar-refractivity contribution >= 4 is 5.52 Å². The lowest BCUT2D eigenvalue weighted by atomic mass is 10.1. The average molecular weight is 226 g/mol. The van der Waals surface area contributed by atoms with E-state index in [0.717, 1.165) is 16.8 Å². The molecule has 1 N–H and O–H groups in total. The molecule has 0 radical (unpaired) electrons. The minimum absolute atomic E-state index is 0.237. The topological polar surface area (TPSA) is 63.0 Å². The second-order valence-electron chi connectivity index (χ2n) is 3.91. The Morgan fingerprint density at radius 2 is 2.18 bits per heavy atom. The molecule has 3 rings (SSSR count). The fourth-order valence-electron chi connectivity index (χ4n) is 1.80. The molecule has 0 saturated carbocycles. The fourth-order valence-corrected chi connectivity index (χ4v) is 1.80. The van der Waals surface area contributed by atoms with Crippen molar-refractivity contribution in [1.82, 2.24) is 19.8 Å². The van der Waals surface area contributed by atoms with E-state index in [9.17, 15) is 4.79 Å². The van der Waals surface area contributed by atoms with Crippen LogP contribution in [0.3, 0.4) is 0 Å². The molecule has 5 heteroatoms. The van der Waals surface area contributed by atoms with E-state index in [1.807, 2.05) is 31.2 Å². The van der Waals surface area contributed by atoms with Crippen LogP contribution in [0.4, 0.5) is 0 Å². The standard InChI is InChI=1S/C12H10N4O/c1-8-3-2-4-9(5-8)10-6-11-12(17)14-13-7-16(11)15-10/h2-7H,1H3,(H,14,17). The Morgan fingerprint density at radius 1 is 1.29 bits per heavy atom. The molecular formula is C12H10N4O. The maximum atomic E-state index is 11.5. The zero-order valence-electron chi connectivity index (χ0n) is 9.21. The van der Waals surface area contributed by atoms with Crippen LogP contribution in [0.15, 0.2) is 41.5 Å². The molecule has 5 nitrogen and oxygen atoms in total. The number of rotatable bonds is 1. The number of hydrogen-bond acceptors (Lipinski definition) is 3. The second-order valence-corrected chi connectivity index (χ2v) is 3.91. The van der Waals surface area contributed by atoms with E-state index in [-0.39, 0.29) is 5.56 Å². The fraction of sp³-hybridized carbons (Fsp3) is 0.0833. The van der Waals surface area contributed by atoms with Gasteiger partial charge in [0.1, 0.15) is 11.8 Å². The van der Waals surface area contributed by atoms with E-state index >= 15 is 0 Å². The van der Waals surface area contributed by atoms with Gasteiger partial charge in [-0.25, -0.2) is 9.61 Å². The van der Waals surface area contributed by atoms with E-state index < -0.39 is 0 Å². The van der Waals surface area contributed by atoms with Crippen LogP contribution in [0.25, 0.3) is 16.8 Å². The minimum Gasteiger partial charge on any atom is -0.266 e. The highest BCUT2D eigenvalue weighted by atomic mass is 16.1. The van der Waals surface area contributed by atoms with Crippen LogP contribution < -0.4 is 5.56 Å². The van der Waals surface area contributed by atoms with Crippen LogP contribution >= 0.6 is 0 Å². The number of hydrogen-bond donors (Lipinski definition) is 1. The number of nitrogens with zero attached hydrogens (tertiary/aromatic N) is 3. The number of aryl methyl sites for hydroxylation is 1. The molecule has 1 aromatic carbocycles. The molecular weight excluding hydrogens is 216 g/mol. The van der Waals surface area contributed by atoms with E-state index in [1.165, 1.54) is 10.8 Å². The molecule has 0 saturated heterocycles. The number of aromatic nitrogens is 4. The highest BCUT2D eigenvalue weighted by Crippen LogP contribution is 2.18. The maximum Gasteiger partial charge on any atom is 0.290 e. The maximum absolute atomic E-state index is 11.5. The summed E-state index contributed by atoms with van der Waals surface area (Å²) in [5.74, 6) is 0. The van der Waals surface area contributed by atoms with Gasteiger partial charge in [0.25, 0.3) is 5.56 Å². The molecule has 0 unspecified atom stereocenters. The van der Waals surface area contributed by atoms with Gasteiger partial charge in [0, 0.05) is 5.56 Å². The molecule has 17 heavy (non-hydrogen) atoms. The molecule has 0 bridgehead atoms. The Bertz CT molecular complexity index is 741. The lowest BCUT2D eigenvalue weighted by molar-refractivity contribution is 0.848. The largest absolute Gasteiger partial charge is 0.290 e. The number of H-pyrrole nitrogens is 1. The van der Waals surface area contributed by atoms with Crippen LogP contribution in [-0.4, -0.2) is 19.8 Å². The van der Waals surface area contributed by atoms with Crippen LogP contribution in [0.5, 0.6) is 0 Å². The number of fused-ring (bicyclic) bond motifs is 1. The first-order valence-electron chi connectivity index (χ1n) is 5.24. The predicted octanol–water partition coefficient (Wildman–Crippen LogP) is 1.39. The molecule has 0 aliphatic carbocycles. The Balaban J connectivity index is 2.25. The first-order valence-corrected chi connectivity index (χ1v) is 5.24. The Labute approximate surface area is 96.7 Å². The summed E-state index contributed by atoms with van der Waals surface area (Å²) in [5, 5.41) is 10.4. The van der Waals surface area contributed by atoms with Crippen molar-refractivity contribution in [2.45, 2.75) is 6.92 Å². The normalized spacial score (nSPS) is 10.9. The average Bonchev–Trinajstić information content (AvgIpc) is 2.74. The Hall–Kier alpha value is -2.43. The minimum atomic E-state index is -0.237. The molecule has 0 spiro atoms. The van der Waals surface area contributed by atoms with Crippen LogP contribution in [0, 0.1) is 6.92 Å². The van der Waals surface area contributed by atoms with E-state index in [2.05, 4.69) is 15.3 Å². The molecule has 0 atom stereocenters. The van der Waals surface area contributed by atoms with Gasteiger partial charge in [0.15, 0.2) is 0 Å². The molecule has 0 aliphatic heterocycles. The van der Waals surface area contributed by atoms with Gasteiger partial charge in [-0.15, -0.1) is 0 Å². The van der Waals surface area contributed by atoms with Crippen molar-refractivity contribution in [2.24, 2.45) is 0 Å². The van der Waals surface area contributed by atoms with Crippen LogP contribution in [0.1, 0.15) is 5.56 Å². The van der Waals surface area contributed by atoms with Gasteiger partial charge in [0.05, 0.1) is 5.69 Å². The zero-order chi connectivity index (χ0) is 11.8. The van der Waals surface area contributed by atoms with Crippen LogP contribution in [0.2, 0.25) is 0 Å². The predicted molar refractivity (Wildman–Crippen MR) is 63.8 cm³/mol. The Morgan fingerprint density at radius 3 is 2.94 bits per heavy atom. The van der Waals surface area contributed by atoms with Gasteiger partial charge < -0.3 is 0 Å². The molecule has 0 amide bonds. The van der Waals surface area contributed by atoms with Crippen molar-refractivity contribution in [3.05, 3.63) is 52.6 Å². The molecule has 2 aromatic heterocycles. The smallest absolute Gasteiger partial charge is 0.266 e. The zero-order valence-corrected chi connectivity index (χ0v) is 9.21. The third-order valence-electron chi connectivity index (χ3n) is 2.62. The quantitative estimate of drug-likeness (QED) is 0.682. The first kappa shape index (κ1) is 9.77. The van der Waals surface area contributed by atoms with E-state index in [1.54, 1.807) is 6.07 Å². The molecule has 0 aliphatic rings. The van der Waals surface area contributed by atoms with Gasteiger partial charge in [0.2, 0.25) is 0 Å². The second kappa shape index (κ2) is 3.55.